The summed E-state index contributed by atoms with van der Waals surface area (Å²) in [5.74, 6) is 0. The monoisotopic (exact) mass is 819 g/mol. The van der Waals surface area contributed by atoms with Crippen LogP contribution in [0.4, 0.5) is 17.1 Å². The highest BCUT2D eigenvalue weighted by Gasteiger charge is 2.48. The molecule has 1 spiro atoms. The molecule has 0 saturated heterocycles. The van der Waals surface area contributed by atoms with Crippen molar-refractivity contribution in [2.24, 2.45) is 0 Å². The fourth-order valence-electron chi connectivity index (χ4n) is 13.1. The van der Waals surface area contributed by atoms with Crippen molar-refractivity contribution in [3.63, 3.8) is 0 Å². The van der Waals surface area contributed by atoms with E-state index in [2.05, 4.69) is 231 Å². The minimum absolute atomic E-state index is 0.0402. The van der Waals surface area contributed by atoms with Gasteiger partial charge in [-0.2, -0.15) is 0 Å². The van der Waals surface area contributed by atoms with Crippen LogP contribution in [0.3, 0.4) is 0 Å². The smallest absolute Gasteiger partial charge is 0.0714 e. The van der Waals surface area contributed by atoms with Crippen LogP contribution in [-0.4, -0.2) is 0 Å². The van der Waals surface area contributed by atoms with Crippen LogP contribution in [-0.2, 0) is 16.2 Å². The second-order valence-electron chi connectivity index (χ2n) is 19.1. The number of rotatable bonds is 6. The molecule has 0 unspecified atom stereocenters. The molecule has 9 aromatic rings. The Hall–Kier alpha value is -7.22. The van der Waals surface area contributed by atoms with Crippen molar-refractivity contribution in [2.45, 2.75) is 55.8 Å². The summed E-state index contributed by atoms with van der Waals surface area (Å²) in [6.07, 6.45) is 4.90. The number of fused-ring (bicyclic) bond motifs is 11. The molecule has 306 valence electrons. The average molecular weight is 820 g/mol. The molecule has 0 amide bonds. The van der Waals surface area contributed by atoms with Crippen molar-refractivity contribution in [1.82, 2.24) is 0 Å². The third kappa shape index (κ3) is 5.01. The Morgan fingerprint density at radius 3 is 1.42 bits per heavy atom. The standard InChI is InChI=1S/C63H49N/c1-61(2)54-30-13-9-26-48(54)52-28-19-29-53(60(52)61)51-27-12-16-33-59(51)64(44-34-36-49-46-24-10-14-31-55(46)62(57(49)40-44)38-17-18-39-62)45-35-37-50-47-25-11-15-32-56(47)63(58(50)41-45,42-20-5-3-6-21-42)43-22-7-4-8-23-43/h3-16,19-37,40-41H,17-18,38-39H2,1-2H3. The predicted octanol–water partition coefficient (Wildman–Crippen LogP) is 16.3. The first kappa shape index (κ1) is 37.3. The number of hydrogen-bond donors (Lipinski definition) is 0. The summed E-state index contributed by atoms with van der Waals surface area (Å²) >= 11 is 0. The second kappa shape index (κ2) is 13.9. The lowest BCUT2D eigenvalue weighted by molar-refractivity contribution is 0.550. The lowest BCUT2D eigenvalue weighted by atomic mass is 9.67. The fourth-order valence-corrected chi connectivity index (χ4v) is 13.1. The van der Waals surface area contributed by atoms with Crippen molar-refractivity contribution in [1.29, 1.82) is 0 Å². The minimum atomic E-state index is -0.515. The highest BCUT2D eigenvalue weighted by Crippen LogP contribution is 2.61. The number of para-hydroxylation sites is 1. The fraction of sp³-hybridized carbons (Fsp3) is 0.143. The molecule has 1 saturated carbocycles. The van der Waals surface area contributed by atoms with Crippen molar-refractivity contribution in [3.8, 4) is 44.5 Å². The van der Waals surface area contributed by atoms with Gasteiger partial charge >= 0.3 is 0 Å². The molecule has 1 heteroatoms. The molecule has 0 N–H and O–H groups in total. The van der Waals surface area contributed by atoms with Crippen LogP contribution in [0.5, 0.6) is 0 Å². The van der Waals surface area contributed by atoms with Crippen LogP contribution in [0.25, 0.3) is 44.5 Å². The Bertz CT molecular complexity index is 3270. The van der Waals surface area contributed by atoms with Gasteiger partial charge in [0, 0.05) is 27.8 Å². The van der Waals surface area contributed by atoms with E-state index in [0.29, 0.717) is 0 Å². The van der Waals surface area contributed by atoms with E-state index in [1.807, 2.05) is 0 Å². The van der Waals surface area contributed by atoms with Gasteiger partial charge in [-0.15, -0.1) is 0 Å². The summed E-state index contributed by atoms with van der Waals surface area (Å²) in [7, 11) is 0. The highest BCUT2D eigenvalue weighted by atomic mass is 15.1. The van der Waals surface area contributed by atoms with Crippen LogP contribution in [0, 0.1) is 0 Å². The Balaban J connectivity index is 1.09. The molecule has 4 aliphatic carbocycles. The Labute approximate surface area is 377 Å². The normalized spacial score (nSPS) is 16.1. The number of anilines is 3. The molecule has 0 heterocycles. The third-order valence-corrected chi connectivity index (χ3v) is 15.7. The molecule has 0 bridgehead atoms. The maximum atomic E-state index is 2.60. The Morgan fingerprint density at radius 1 is 0.344 bits per heavy atom. The summed E-state index contributed by atoms with van der Waals surface area (Å²) in [5, 5.41) is 0. The summed E-state index contributed by atoms with van der Waals surface area (Å²) < 4.78 is 0. The topological polar surface area (TPSA) is 3.24 Å². The van der Waals surface area contributed by atoms with Crippen molar-refractivity contribution in [3.05, 3.63) is 257 Å². The highest BCUT2D eigenvalue weighted by molar-refractivity contribution is 5.97. The third-order valence-electron chi connectivity index (χ3n) is 15.7. The number of benzene rings is 9. The number of nitrogens with zero attached hydrogens (tertiary/aromatic N) is 1. The minimum Gasteiger partial charge on any atom is -0.310 e. The SMILES string of the molecule is CC1(C)c2ccccc2-c2cccc(-c3ccccc3N(c3ccc4c(c3)C3(CCCC3)c3ccccc3-4)c3ccc4c(c3)C(c3ccccc3)(c3ccccc3)c3ccccc3-4)c21. The first-order valence-electron chi connectivity index (χ1n) is 23.2. The molecule has 64 heavy (non-hydrogen) atoms. The second-order valence-corrected chi connectivity index (χ2v) is 19.1. The van der Waals surface area contributed by atoms with Gasteiger partial charge in [-0.3, -0.25) is 0 Å². The lowest BCUT2D eigenvalue weighted by Crippen LogP contribution is -2.28. The first-order valence-corrected chi connectivity index (χ1v) is 23.2. The van der Waals surface area contributed by atoms with E-state index in [4.69, 9.17) is 0 Å². The van der Waals surface area contributed by atoms with E-state index in [0.717, 1.165) is 5.69 Å². The summed E-state index contributed by atoms with van der Waals surface area (Å²) in [4.78, 5) is 2.60. The zero-order chi connectivity index (χ0) is 42.6. The quantitative estimate of drug-likeness (QED) is 0.162. The van der Waals surface area contributed by atoms with Crippen molar-refractivity contribution >= 4 is 17.1 Å². The van der Waals surface area contributed by atoms with Crippen LogP contribution < -0.4 is 4.90 Å². The molecule has 1 nitrogen and oxygen atoms in total. The molecule has 0 atom stereocenters. The molecule has 9 aromatic carbocycles. The van der Waals surface area contributed by atoms with Crippen LogP contribution >= 0.6 is 0 Å². The van der Waals surface area contributed by atoms with E-state index >= 15 is 0 Å². The molecule has 0 radical (unpaired) electrons. The largest absolute Gasteiger partial charge is 0.310 e. The van der Waals surface area contributed by atoms with Gasteiger partial charge in [-0.1, -0.05) is 209 Å². The summed E-state index contributed by atoms with van der Waals surface area (Å²) in [6, 6.07) is 80.7. The lowest BCUT2D eigenvalue weighted by Gasteiger charge is -2.35. The Kier molecular flexibility index (Phi) is 8.10. The summed E-state index contributed by atoms with van der Waals surface area (Å²) in [5.41, 5.74) is 24.4. The van der Waals surface area contributed by atoms with E-state index in [9.17, 15) is 0 Å². The van der Waals surface area contributed by atoms with Gasteiger partial charge in [0.25, 0.3) is 0 Å². The van der Waals surface area contributed by atoms with Crippen molar-refractivity contribution < 1.29 is 0 Å². The van der Waals surface area contributed by atoms with Crippen molar-refractivity contribution in [2.75, 3.05) is 4.90 Å². The van der Waals surface area contributed by atoms with Gasteiger partial charge < -0.3 is 4.90 Å². The van der Waals surface area contributed by atoms with Crippen LogP contribution in [0.15, 0.2) is 212 Å². The zero-order valence-electron chi connectivity index (χ0n) is 36.5. The molecule has 1 fully saturated rings. The average Bonchev–Trinajstić information content (AvgIpc) is 4.09. The van der Waals surface area contributed by atoms with Gasteiger partial charge in [-0.05, 0) is 127 Å². The molecule has 4 aliphatic rings. The van der Waals surface area contributed by atoms with E-state index in [1.165, 1.54) is 126 Å². The van der Waals surface area contributed by atoms with Gasteiger partial charge in [0.05, 0.1) is 11.1 Å². The van der Waals surface area contributed by atoms with Gasteiger partial charge in [0.1, 0.15) is 0 Å². The molecular weight excluding hydrogens is 771 g/mol. The van der Waals surface area contributed by atoms with Crippen LogP contribution in [0.2, 0.25) is 0 Å². The van der Waals surface area contributed by atoms with E-state index < -0.39 is 5.41 Å². The predicted molar refractivity (Wildman–Crippen MR) is 266 cm³/mol. The van der Waals surface area contributed by atoms with E-state index in [1.54, 1.807) is 0 Å². The maximum absolute atomic E-state index is 2.60. The Morgan fingerprint density at radius 2 is 0.781 bits per heavy atom. The number of hydrogen-bond acceptors (Lipinski definition) is 1. The van der Waals surface area contributed by atoms with Gasteiger partial charge in [-0.25, -0.2) is 0 Å². The maximum Gasteiger partial charge on any atom is 0.0714 e. The molecule has 0 aromatic heterocycles. The summed E-state index contributed by atoms with van der Waals surface area (Å²) in [6.45, 7) is 4.82. The zero-order valence-corrected chi connectivity index (χ0v) is 36.5. The molecular formula is C63H49N. The molecule has 13 rings (SSSR count). The van der Waals surface area contributed by atoms with Gasteiger partial charge in [0.15, 0.2) is 0 Å². The van der Waals surface area contributed by atoms with Gasteiger partial charge in [0.2, 0.25) is 0 Å². The van der Waals surface area contributed by atoms with E-state index in [-0.39, 0.29) is 10.8 Å². The van der Waals surface area contributed by atoms with Crippen LogP contribution in [0.1, 0.15) is 84.0 Å². The molecule has 0 aliphatic heterocycles. The first-order chi connectivity index (χ1) is 31.5.